The van der Waals surface area contributed by atoms with Crippen molar-refractivity contribution in [2.45, 2.75) is 20.0 Å². The van der Waals surface area contributed by atoms with E-state index in [2.05, 4.69) is 10.1 Å². The maximum Gasteiger partial charge on any atom is 0.299 e. The second-order valence-corrected chi connectivity index (χ2v) is 4.75. The maximum atomic E-state index is 12.1. The van der Waals surface area contributed by atoms with E-state index in [1.165, 1.54) is 11.2 Å². The number of ketones is 1. The molecule has 1 aromatic carbocycles. The average Bonchev–Trinajstić information content (AvgIpc) is 2.98. The largest absolute Gasteiger partial charge is 0.299 e. The summed E-state index contributed by atoms with van der Waals surface area (Å²) in [4.78, 5) is 29.6. The van der Waals surface area contributed by atoms with E-state index in [9.17, 15) is 9.59 Å². The Labute approximate surface area is 120 Å². The summed E-state index contributed by atoms with van der Waals surface area (Å²) < 4.78 is 1.68. The number of benzene rings is 1. The molecule has 0 aliphatic carbocycles. The van der Waals surface area contributed by atoms with E-state index in [0.717, 1.165) is 0 Å². The van der Waals surface area contributed by atoms with E-state index in [1.54, 1.807) is 22.9 Å². The summed E-state index contributed by atoms with van der Waals surface area (Å²) >= 11 is 6.00. The van der Waals surface area contributed by atoms with Crippen LogP contribution in [0.1, 0.15) is 23.1 Å². The second-order valence-electron chi connectivity index (χ2n) is 4.35. The van der Waals surface area contributed by atoms with Gasteiger partial charge < -0.3 is 0 Å². The first-order valence-electron chi connectivity index (χ1n) is 6.15. The molecular formula is C13H11ClN4O2. The number of Topliss-reactive ketones (excluding diaryl/α,β-unsaturated/α-hetero) is 1. The fraction of sp³-hybridized carbons (Fsp3) is 0.231. The van der Waals surface area contributed by atoms with E-state index in [1.807, 2.05) is 6.92 Å². The molecule has 3 rings (SSSR count). The molecule has 0 unspecified atom stereocenters. The number of halogens is 1. The minimum absolute atomic E-state index is 0.200. The van der Waals surface area contributed by atoms with Gasteiger partial charge in [-0.25, -0.2) is 9.67 Å². The summed E-state index contributed by atoms with van der Waals surface area (Å²) in [7, 11) is 0. The Balaban J connectivity index is 2.02. The molecule has 20 heavy (non-hydrogen) atoms. The molecular weight excluding hydrogens is 280 g/mol. The van der Waals surface area contributed by atoms with Gasteiger partial charge in [0.1, 0.15) is 12.2 Å². The molecule has 0 radical (unpaired) electrons. The lowest BCUT2D eigenvalue weighted by Crippen LogP contribution is -2.30. The molecule has 0 atom stereocenters. The molecule has 0 spiro atoms. The molecule has 1 aromatic heterocycles. The third-order valence-corrected chi connectivity index (χ3v) is 3.56. The number of fused-ring (bicyclic) bond motifs is 1. The predicted octanol–water partition coefficient (Wildman–Crippen LogP) is 1.68. The van der Waals surface area contributed by atoms with Gasteiger partial charge >= 0.3 is 0 Å². The Bertz CT molecular complexity index is 710. The van der Waals surface area contributed by atoms with E-state index in [-0.39, 0.29) is 12.1 Å². The molecule has 7 heteroatoms. The van der Waals surface area contributed by atoms with Crippen LogP contribution in [0.3, 0.4) is 0 Å². The number of carbonyl (C=O) groups is 2. The standard InChI is InChI=1S/C13H11ClN4O2/c1-2-18-10(15-7-16-18)6-17-9-5-3-4-8(14)11(9)12(19)13(17)20/h3-5,7H,2,6H2,1H3. The summed E-state index contributed by atoms with van der Waals surface area (Å²) in [5.74, 6) is -0.534. The second kappa shape index (κ2) is 4.72. The quantitative estimate of drug-likeness (QED) is 0.807. The van der Waals surface area contributed by atoms with Crippen molar-refractivity contribution in [1.82, 2.24) is 14.8 Å². The molecule has 0 fully saturated rings. The Morgan fingerprint density at radius 3 is 2.85 bits per heavy atom. The number of hydrogen-bond acceptors (Lipinski definition) is 4. The first-order chi connectivity index (χ1) is 9.63. The molecule has 102 valence electrons. The van der Waals surface area contributed by atoms with Crippen molar-refractivity contribution in [3.8, 4) is 0 Å². The zero-order chi connectivity index (χ0) is 14.3. The summed E-state index contributed by atoms with van der Waals surface area (Å²) in [6.45, 7) is 2.78. The van der Waals surface area contributed by atoms with E-state index in [4.69, 9.17) is 11.6 Å². The summed E-state index contributed by atoms with van der Waals surface area (Å²) in [6.07, 6.45) is 1.43. The Morgan fingerprint density at radius 1 is 1.30 bits per heavy atom. The number of amides is 1. The Kier molecular flexibility index (Phi) is 3.02. The van der Waals surface area contributed by atoms with Gasteiger partial charge in [0.15, 0.2) is 0 Å². The Morgan fingerprint density at radius 2 is 2.10 bits per heavy atom. The molecule has 2 heterocycles. The Hall–Kier alpha value is -2.21. The third-order valence-electron chi connectivity index (χ3n) is 3.24. The van der Waals surface area contributed by atoms with E-state index in [0.29, 0.717) is 23.1 Å². The third kappa shape index (κ3) is 1.80. The number of rotatable bonds is 3. The van der Waals surface area contributed by atoms with Crippen LogP contribution in [0, 0.1) is 0 Å². The molecule has 0 bridgehead atoms. The smallest absolute Gasteiger partial charge is 0.297 e. The van der Waals surface area contributed by atoms with E-state index >= 15 is 0 Å². The lowest BCUT2D eigenvalue weighted by atomic mass is 10.1. The number of nitrogens with zero attached hydrogens (tertiary/aromatic N) is 4. The zero-order valence-corrected chi connectivity index (χ0v) is 11.5. The van der Waals surface area contributed by atoms with Crippen LogP contribution in [0.5, 0.6) is 0 Å². The SMILES string of the molecule is CCn1ncnc1CN1C(=O)C(=O)c2c(Cl)cccc21. The van der Waals surface area contributed by atoms with Crippen LogP contribution in [-0.4, -0.2) is 26.5 Å². The monoisotopic (exact) mass is 290 g/mol. The van der Waals surface area contributed by atoms with Crippen molar-refractivity contribution in [1.29, 1.82) is 0 Å². The van der Waals surface area contributed by atoms with Crippen molar-refractivity contribution < 1.29 is 9.59 Å². The van der Waals surface area contributed by atoms with Crippen LogP contribution in [-0.2, 0) is 17.9 Å². The number of carbonyl (C=O) groups excluding carboxylic acids is 2. The number of aryl methyl sites for hydroxylation is 1. The summed E-state index contributed by atoms with van der Waals surface area (Å²) in [5, 5.41) is 4.34. The van der Waals surface area contributed by atoms with Crippen LogP contribution in [0.2, 0.25) is 5.02 Å². The lowest BCUT2D eigenvalue weighted by Gasteiger charge is -2.16. The van der Waals surface area contributed by atoms with Gasteiger partial charge in [-0.1, -0.05) is 17.7 Å². The maximum absolute atomic E-state index is 12.1. The normalized spacial score (nSPS) is 14.0. The molecule has 1 aliphatic heterocycles. The summed E-state index contributed by atoms with van der Waals surface area (Å²) in [6, 6.07) is 5.02. The minimum Gasteiger partial charge on any atom is -0.297 e. The fourth-order valence-electron chi connectivity index (χ4n) is 2.27. The van der Waals surface area contributed by atoms with Gasteiger partial charge in [0.05, 0.1) is 22.8 Å². The number of anilines is 1. The van der Waals surface area contributed by atoms with Crippen molar-refractivity contribution in [2.75, 3.05) is 4.90 Å². The zero-order valence-electron chi connectivity index (χ0n) is 10.7. The van der Waals surface area contributed by atoms with E-state index < -0.39 is 11.7 Å². The topological polar surface area (TPSA) is 68.1 Å². The highest BCUT2D eigenvalue weighted by Gasteiger charge is 2.37. The van der Waals surface area contributed by atoms with Crippen molar-refractivity contribution in [2.24, 2.45) is 0 Å². The molecule has 0 saturated carbocycles. The molecule has 2 aromatic rings. The van der Waals surface area contributed by atoms with Crippen LogP contribution in [0.15, 0.2) is 24.5 Å². The van der Waals surface area contributed by atoms with Crippen LogP contribution in [0.4, 0.5) is 5.69 Å². The fourth-order valence-corrected chi connectivity index (χ4v) is 2.53. The minimum atomic E-state index is -0.584. The molecule has 0 N–H and O–H groups in total. The molecule has 0 saturated heterocycles. The lowest BCUT2D eigenvalue weighted by molar-refractivity contribution is -0.114. The highest BCUT2D eigenvalue weighted by atomic mass is 35.5. The van der Waals surface area contributed by atoms with Crippen LogP contribution < -0.4 is 4.90 Å². The average molecular weight is 291 g/mol. The first kappa shape index (κ1) is 12.8. The van der Waals surface area contributed by atoms with Crippen LogP contribution in [0.25, 0.3) is 0 Å². The van der Waals surface area contributed by atoms with Crippen molar-refractivity contribution in [3.63, 3.8) is 0 Å². The molecule has 1 aliphatic rings. The molecule has 6 nitrogen and oxygen atoms in total. The van der Waals surface area contributed by atoms with Crippen molar-refractivity contribution in [3.05, 3.63) is 40.9 Å². The number of hydrogen-bond donors (Lipinski definition) is 0. The van der Waals surface area contributed by atoms with Gasteiger partial charge in [-0.05, 0) is 19.1 Å². The van der Waals surface area contributed by atoms with Gasteiger partial charge in [-0.15, -0.1) is 0 Å². The van der Waals surface area contributed by atoms with Gasteiger partial charge in [-0.3, -0.25) is 14.5 Å². The number of aromatic nitrogens is 3. The predicted molar refractivity (Wildman–Crippen MR) is 72.7 cm³/mol. The van der Waals surface area contributed by atoms with Gasteiger partial charge in [-0.2, -0.15) is 5.10 Å². The van der Waals surface area contributed by atoms with Gasteiger partial charge in [0.25, 0.3) is 11.7 Å². The van der Waals surface area contributed by atoms with Gasteiger partial charge in [0.2, 0.25) is 0 Å². The first-order valence-corrected chi connectivity index (χ1v) is 6.52. The highest BCUT2D eigenvalue weighted by Crippen LogP contribution is 2.34. The van der Waals surface area contributed by atoms with Gasteiger partial charge in [0, 0.05) is 6.54 Å². The van der Waals surface area contributed by atoms with Crippen molar-refractivity contribution >= 4 is 29.0 Å². The summed E-state index contributed by atoms with van der Waals surface area (Å²) in [5.41, 5.74) is 0.792. The molecule has 1 amide bonds. The highest BCUT2D eigenvalue weighted by molar-refractivity contribution is 6.55. The van der Waals surface area contributed by atoms with Crippen LogP contribution >= 0.6 is 11.6 Å².